The predicted octanol–water partition coefficient (Wildman–Crippen LogP) is 2.35. The Bertz CT molecular complexity index is 23.4. The van der Waals surface area contributed by atoms with Crippen LogP contribution in [0.3, 0.4) is 0 Å². The van der Waals surface area contributed by atoms with Crippen LogP contribution in [0.1, 0.15) is 25.7 Å². The molecule has 0 saturated carbocycles. The van der Waals surface area contributed by atoms with Crippen LogP contribution in [0.15, 0.2) is 0 Å². The molecule has 0 spiro atoms. The Balaban J connectivity index is 2.45. The van der Waals surface area contributed by atoms with Gasteiger partial charge in [0.05, 0.1) is 6.67 Å². The molecule has 0 bridgehead atoms. The first-order chi connectivity index (χ1) is 3.41. The Hall–Kier alpha value is -0.0700. The van der Waals surface area contributed by atoms with Crippen molar-refractivity contribution >= 4 is 0 Å². The van der Waals surface area contributed by atoms with Gasteiger partial charge in [0.1, 0.15) is 0 Å². The highest BCUT2D eigenvalue weighted by Gasteiger charge is 1.82. The zero-order valence-electron chi connectivity index (χ0n) is 4.62. The van der Waals surface area contributed by atoms with Crippen molar-refractivity contribution in [1.29, 1.82) is 0 Å². The minimum atomic E-state index is -0.167. The van der Waals surface area contributed by atoms with Gasteiger partial charge in [-0.05, 0) is 6.42 Å². The third-order valence-corrected chi connectivity index (χ3v) is 0.884. The van der Waals surface area contributed by atoms with Gasteiger partial charge in [0.25, 0.3) is 0 Å². The first-order valence-electron chi connectivity index (χ1n) is 2.77. The average molecular weight is 103 g/mol. The van der Waals surface area contributed by atoms with Crippen molar-refractivity contribution in [2.24, 2.45) is 0 Å². The van der Waals surface area contributed by atoms with E-state index in [1.54, 1.807) is 0 Å². The van der Waals surface area contributed by atoms with Crippen LogP contribution in [0, 0.1) is 6.92 Å². The number of rotatable bonds is 4. The molecule has 1 radical (unpaired) electrons. The Morgan fingerprint density at radius 3 is 2.29 bits per heavy atom. The molecular weight excluding hydrogens is 91.1 g/mol. The Labute approximate surface area is 44.7 Å². The maximum Gasteiger partial charge on any atom is 0.0894 e. The van der Waals surface area contributed by atoms with E-state index in [9.17, 15) is 4.39 Å². The minimum Gasteiger partial charge on any atom is -0.251 e. The maximum atomic E-state index is 11.3. The van der Waals surface area contributed by atoms with E-state index >= 15 is 0 Å². The lowest BCUT2D eigenvalue weighted by Gasteiger charge is -1.88. The molecule has 1 heteroatoms. The SMILES string of the molecule is [CH2]CCCCCF. The molecule has 0 aliphatic heterocycles. The van der Waals surface area contributed by atoms with Crippen LogP contribution in [0.4, 0.5) is 4.39 Å². The van der Waals surface area contributed by atoms with Gasteiger partial charge >= 0.3 is 0 Å². The van der Waals surface area contributed by atoms with Gasteiger partial charge in [0, 0.05) is 0 Å². The van der Waals surface area contributed by atoms with Crippen LogP contribution in [-0.2, 0) is 0 Å². The molecule has 7 heavy (non-hydrogen) atoms. The summed E-state index contributed by atoms with van der Waals surface area (Å²) in [5.41, 5.74) is 0. The zero-order chi connectivity index (χ0) is 5.54. The van der Waals surface area contributed by atoms with Crippen LogP contribution >= 0.6 is 0 Å². The summed E-state index contributed by atoms with van der Waals surface area (Å²) in [6.45, 7) is 3.47. The molecule has 0 aromatic carbocycles. The third-order valence-electron chi connectivity index (χ3n) is 0.884. The lowest BCUT2D eigenvalue weighted by Crippen LogP contribution is -1.75. The second-order valence-electron chi connectivity index (χ2n) is 1.60. The predicted molar refractivity (Wildman–Crippen MR) is 29.8 cm³/mol. The number of hydrogen-bond donors (Lipinski definition) is 0. The maximum absolute atomic E-state index is 11.3. The minimum absolute atomic E-state index is 0.167. The molecule has 0 rings (SSSR count). The van der Waals surface area contributed by atoms with E-state index in [0.717, 1.165) is 25.7 Å². The van der Waals surface area contributed by atoms with E-state index in [4.69, 9.17) is 0 Å². The van der Waals surface area contributed by atoms with Gasteiger partial charge in [-0.15, -0.1) is 0 Å². The fourth-order valence-electron chi connectivity index (χ4n) is 0.448. The molecule has 0 unspecified atom stereocenters. The highest BCUT2D eigenvalue weighted by Crippen LogP contribution is 1.97. The highest BCUT2D eigenvalue weighted by atomic mass is 19.1. The standard InChI is InChI=1S/C6H12F/c1-2-3-4-5-6-7/h1-6H2. The monoisotopic (exact) mass is 103 g/mol. The molecule has 43 valence electrons. The summed E-state index contributed by atoms with van der Waals surface area (Å²) in [5.74, 6) is 0. The summed E-state index contributed by atoms with van der Waals surface area (Å²) < 4.78 is 11.3. The van der Waals surface area contributed by atoms with Crippen molar-refractivity contribution in [2.75, 3.05) is 6.67 Å². The van der Waals surface area contributed by atoms with Crippen LogP contribution < -0.4 is 0 Å². The van der Waals surface area contributed by atoms with Crippen molar-refractivity contribution in [3.8, 4) is 0 Å². The summed E-state index contributed by atoms with van der Waals surface area (Å²) in [7, 11) is 0. The normalized spacial score (nSPS) is 9.43. The van der Waals surface area contributed by atoms with E-state index in [1.807, 2.05) is 0 Å². The van der Waals surface area contributed by atoms with Crippen molar-refractivity contribution in [2.45, 2.75) is 25.7 Å². The highest BCUT2D eigenvalue weighted by molar-refractivity contribution is 4.41. The number of alkyl halides is 1. The third kappa shape index (κ3) is 5.93. The Kier molecular flexibility index (Phi) is 5.87. The van der Waals surface area contributed by atoms with Gasteiger partial charge in [-0.25, -0.2) is 0 Å². The summed E-state index contributed by atoms with van der Waals surface area (Å²) in [6.07, 6.45) is 3.74. The quantitative estimate of drug-likeness (QED) is 0.479. The van der Waals surface area contributed by atoms with Crippen molar-refractivity contribution in [1.82, 2.24) is 0 Å². The van der Waals surface area contributed by atoms with Gasteiger partial charge in [-0.1, -0.05) is 26.2 Å². The Morgan fingerprint density at radius 1 is 1.14 bits per heavy atom. The molecule has 0 fully saturated rings. The number of unbranched alkanes of at least 4 members (excludes halogenated alkanes) is 3. The average Bonchev–Trinajstić information content (AvgIpc) is 1.69. The molecule has 0 nitrogen and oxygen atoms in total. The van der Waals surface area contributed by atoms with E-state index in [-0.39, 0.29) is 6.67 Å². The smallest absolute Gasteiger partial charge is 0.0894 e. The lowest BCUT2D eigenvalue weighted by molar-refractivity contribution is 0.457. The first-order valence-corrected chi connectivity index (χ1v) is 2.77. The zero-order valence-corrected chi connectivity index (χ0v) is 4.62. The fourth-order valence-corrected chi connectivity index (χ4v) is 0.448. The molecule has 0 atom stereocenters. The molecule has 0 aromatic heterocycles. The first kappa shape index (κ1) is 6.93. The van der Waals surface area contributed by atoms with E-state index in [0.29, 0.717) is 0 Å². The van der Waals surface area contributed by atoms with Crippen molar-refractivity contribution < 1.29 is 4.39 Å². The fraction of sp³-hybridized carbons (Fsp3) is 0.833. The van der Waals surface area contributed by atoms with Gasteiger partial charge in [0.15, 0.2) is 0 Å². The van der Waals surface area contributed by atoms with Gasteiger partial charge in [-0.3, -0.25) is 4.39 Å². The molecule has 0 aliphatic carbocycles. The molecular formula is C6H12F. The molecule has 0 aromatic rings. The van der Waals surface area contributed by atoms with Gasteiger partial charge < -0.3 is 0 Å². The van der Waals surface area contributed by atoms with E-state index in [1.165, 1.54) is 0 Å². The molecule has 0 amide bonds. The largest absolute Gasteiger partial charge is 0.251 e. The van der Waals surface area contributed by atoms with E-state index in [2.05, 4.69) is 6.92 Å². The summed E-state index contributed by atoms with van der Waals surface area (Å²) in [6, 6.07) is 0. The number of hydrogen-bond acceptors (Lipinski definition) is 0. The second-order valence-corrected chi connectivity index (χ2v) is 1.60. The van der Waals surface area contributed by atoms with Crippen molar-refractivity contribution in [3.05, 3.63) is 6.92 Å². The van der Waals surface area contributed by atoms with Crippen molar-refractivity contribution in [3.63, 3.8) is 0 Å². The molecule has 0 N–H and O–H groups in total. The van der Waals surface area contributed by atoms with Crippen LogP contribution in [0.2, 0.25) is 0 Å². The summed E-state index contributed by atoms with van der Waals surface area (Å²) >= 11 is 0. The van der Waals surface area contributed by atoms with Crippen LogP contribution in [0.25, 0.3) is 0 Å². The topological polar surface area (TPSA) is 0 Å². The molecule has 0 heterocycles. The van der Waals surface area contributed by atoms with Gasteiger partial charge in [0.2, 0.25) is 0 Å². The molecule has 0 saturated heterocycles. The summed E-state index contributed by atoms with van der Waals surface area (Å²) in [5, 5.41) is 0. The lowest BCUT2D eigenvalue weighted by atomic mass is 10.2. The Morgan fingerprint density at radius 2 is 1.86 bits per heavy atom. The molecule has 0 aliphatic rings. The van der Waals surface area contributed by atoms with Crippen LogP contribution in [0.5, 0.6) is 0 Å². The summed E-state index contributed by atoms with van der Waals surface area (Å²) in [4.78, 5) is 0. The number of halogens is 1. The van der Waals surface area contributed by atoms with Gasteiger partial charge in [-0.2, -0.15) is 0 Å². The van der Waals surface area contributed by atoms with E-state index < -0.39 is 0 Å². The van der Waals surface area contributed by atoms with Crippen LogP contribution in [-0.4, -0.2) is 6.67 Å². The second kappa shape index (κ2) is 5.93.